The fraction of sp³-hybridized carbons (Fsp3) is 0.167. The number of carboxylic acids is 1. The lowest BCUT2D eigenvalue weighted by molar-refractivity contribution is -0.385. The lowest BCUT2D eigenvalue weighted by Gasteiger charge is -2.12. The summed E-state index contributed by atoms with van der Waals surface area (Å²) in [6, 6.07) is 6.31. The van der Waals surface area contributed by atoms with Gasteiger partial charge in [-0.2, -0.15) is 0 Å². The van der Waals surface area contributed by atoms with Gasteiger partial charge in [0.25, 0.3) is 5.69 Å². The SMILES string of the molecule is Cc1nc(NCCNc2ccc([N+](=O)[O-])cn2)nc(-c2cccnc2)c1C(=O)O. The van der Waals surface area contributed by atoms with Crippen LogP contribution in [0.1, 0.15) is 16.1 Å². The Morgan fingerprint density at radius 1 is 1.17 bits per heavy atom. The average Bonchev–Trinajstić information content (AvgIpc) is 2.71. The molecule has 0 aliphatic carbocycles. The van der Waals surface area contributed by atoms with Gasteiger partial charge >= 0.3 is 5.97 Å². The molecular formula is C18H17N7O4. The smallest absolute Gasteiger partial charge is 0.339 e. The molecule has 0 spiro atoms. The maximum absolute atomic E-state index is 11.6. The highest BCUT2D eigenvalue weighted by atomic mass is 16.6. The van der Waals surface area contributed by atoms with E-state index in [1.165, 1.54) is 18.3 Å². The Morgan fingerprint density at radius 2 is 1.97 bits per heavy atom. The molecule has 0 amide bonds. The molecule has 0 aromatic carbocycles. The van der Waals surface area contributed by atoms with Crippen molar-refractivity contribution in [3.63, 3.8) is 0 Å². The highest BCUT2D eigenvalue weighted by molar-refractivity contribution is 5.96. The molecule has 3 aromatic heterocycles. The minimum absolute atomic E-state index is 0.0248. The van der Waals surface area contributed by atoms with Gasteiger partial charge in [0.1, 0.15) is 17.6 Å². The molecule has 3 heterocycles. The van der Waals surface area contributed by atoms with Crippen LogP contribution in [0.2, 0.25) is 0 Å². The normalized spacial score (nSPS) is 10.4. The molecule has 0 radical (unpaired) electrons. The number of aromatic nitrogens is 4. The van der Waals surface area contributed by atoms with E-state index in [1.807, 2.05) is 0 Å². The molecule has 11 heteroatoms. The van der Waals surface area contributed by atoms with E-state index in [0.717, 1.165) is 0 Å². The predicted molar refractivity (Wildman–Crippen MR) is 105 cm³/mol. The van der Waals surface area contributed by atoms with E-state index in [0.29, 0.717) is 30.2 Å². The Kier molecular flexibility index (Phi) is 5.88. The van der Waals surface area contributed by atoms with Crippen LogP contribution in [0.3, 0.4) is 0 Å². The van der Waals surface area contributed by atoms with Crippen LogP contribution in [0.4, 0.5) is 17.5 Å². The third kappa shape index (κ3) is 4.77. The molecule has 0 unspecified atom stereocenters. The Morgan fingerprint density at radius 3 is 2.59 bits per heavy atom. The van der Waals surface area contributed by atoms with Crippen LogP contribution >= 0.6 is 0 Å². The molecule has 3 aromatic rings. The van der Waals surface area contributed by atoms with Gasteiger partial charge in [-0.25, -0.2) is 19.7 Å². The van der Waals surface area contributed by atoms with E-state index in [1.54, 1.807) is 31.5 Å². The molecule has 11 nitrogen and oxygen atoms in total. The standard InChI is InChI=1S/C18H17N7O4/c1-11-15(17(26)27)16(12-3-2-6-19-9-12)24-18(23-11)21-8-7-20-14-5-4-13(10-22-14)25(28)29/h2-6,9-10H,7-8H2,1H3,(H,20,22)(H,26,27)(H,21,23,24). The van der Waals surface area contributed by atoms with Gasteiger partial charge in [0.05, 0.1) is 16.3 Å². The number of pyridine rings is 2. The molecule has 0 bridgehead atoms. The van der Waals surface area contributed by atoms with Gasteiger partial charge in [-0.05, 0) is 25.1 Å². The summed E-state index contributed by atoms with van der Waals surface area (Å²) in [7, 11) is 0. The van der Waals surface area contributed by atoms with Crippen LogP contribution < -0.4 is 10.6 Å². The lowest BCUT2D eigenvalue weighted by Crippen LogP contribution is -2.17. The number of hydrogen-bond acceptors (Lipinski definition) is 9. The van der Waals surface area contributed by atoms with Crippen molar-refractivity contribution < 1.29 is 14.8 Å². The van der Waals surface area contributed by atoms with E-state index >= 15 is 0 Å². The first-order valence-corrected chi connectivity index (χ1v) is 8.56. The highest BCUT2D eigenvalue weighted by Gasteiger charge is 2.19. The van der Waals surface area contributed by atoms with Crippen molar-refractivity contribution >= 4 is 23.4 Å². The number of carboxylic acid groups (broad SMARTS) is 1. The number of anilines is 2. The van der Waals surface area contributed by atoms with Gasteiger partial charge in [0, 0.05) is 37.1 Å². The number of aromatic carboxylic acids is 1. The Labute approximate surface area is 165 Å². The van der Waals surface area contributed by atoms with Gasteiger partial charge in [-0.15, -0.1) is 0 Å². The highest BCUT2D eigenvalue weighted by Crippen LogP contribution is 2.24. The third-order valence-electron chi connectivity index (χ3n) is 3.91. The molecule has 0 aliphatic heterocycles. The largest absolute Gasteiger partial charge is 0.478 e. The summed E-state index contributed by atoms with van der Waals surface area (Å²) in [5, 5.41) is 26.2. The minimum Gasteiger partial charge on any atom is -0.478 e. The third-order valence-corrected chi connectivity index (χ3v) is 3.91. The number of nitrogens with one attached hydrogen (secondary N) is 2. The van der Waals surface area contributed by atoms with Crippen molar-refractivity contribution in [2.45, 2.75) is 6.92 Å². The predicted octanol–water partition coefficient (Wildman–Crippen LogP) is 2.37. The van der Waals surface area contributed by atoms with Crippen molar-refractivity contribution in [3.05, 3.63) is 64.2 Å². The Hall–Kier alpha value is -4.15. The van der Waals surface area contributed by atoms with E-state index < -0.39 is 10.9 Å². The molecule has 0 saturated heterocycles. The maximum Gasteiger partial charge on any atom is 0.339 e. The van der Waals surface area contributed by atoms with E-state index in [9.17, 15) is 20.0 Å². The van der Waals surface area contributed by atoms with E-state index in [2.05, 4.69) is 30.6 Å². The second-order valence-electron chi connectivity index (χ2n) is 5.92. The Bertz CT molecular complexity index is 1030. The van der Waals surface area contributed by atoms with E-state index in [-0.39, 0.29) is 22.9 Å². The molecule has 0 atom stereocenters. The monoisotopic (exact) mass is 395 g/mol. The first-order chi connectivity index (χ1) is 14.0. The molecular weight excluding hydrogens is 378 g/mol. The fourth-order valence-electron chi connectivity index (χ4n) is 2.58. The van der Waals surface area contributed by atoms with Gasteiger partial charge in [0.15, 0.2) is 0 Å². The number of carbonyl (C=O) groups is 1. The van der Waals surface area contributed by atoms with Crippen LogP contribution in [-0.4, -0.2) is 49.0 Å². The van der Waals surface area contributed by atoms with Crippen molar-refractivity contribution in [1.82, 2.24) is 19.9 Å². The van der Waals surface area contributed by atoms with Gasteiger partial charge in [0.2, 0.25) is 5.95 Å². The summed E-state index contributed by atoms with van der Waals surface area (Å²) in [5.74, 6) is -0.338. The minimum atomic E-state index is -1.11. The number of rotatable bonds is 8. The lowest BCUT2D eigenvalue weighted by atomic mass is 10.1. The van der Waals surface area contributed by atoms with Crippen LogP contribution in [0.5, 0.6) is 0 Å². The average molecular weight is 395 g/mol. The van der Waals surface area contributed by atoms with Crippen molar-refractivity contribution in [3.8, 4) is 11.3 Å². The van der Waals surface area contributed by atoms with Crippen LogP contribution in [-0.2, 0) is 0 Å². The summed E-state index contributed by atoms with van der Waals surface area (Å²) in [4.78, 5) is 38.3. The summed E-state index contributed by atoms with van der Waals surface area (Å²) >= 11 is 0. The first kappa shape index (κ1) is 19.6. The molecule has 0 saturated carbocycles. The Balaban J connectivity index is 1.69. The quantitative estimate of drug-likeness (QED) is 0.294. The molecule has 0 fully saturated rings. The number of hydrogen-bond donors (Lipinski definition) is 3. The summed E-state index contributed by atoms with van der Waals surface area (Å²) in [6.45, 7) is 2.46. The fourth-order valence-corrected chi connectivity index (χ4v) is 2.58. The number of aryl methyl sites for hydroxylation is 1. The van der Waals surface area contributed by atoms with Crippen molar-refractivity contribution in [2.24, 2.45) is 0 Å². The molecule has 0 aliphatic rings. The zero-order valence-corrected chi connectivity index (χ0v) is 15.4. The molecule has 148 valence electrons. The zero-order chi connectivity index (χ0) is 20.8. The van der Waals surface area contributed by atoms with Gasteiger partial charge < -0.3 is 15.7 Å². The summed E-state index contributed by atoms with van der Waals surface area (Å²) < 4.78 is 0. The second-order valence-corrected chi connectivity index (χ2v) is 5.92. The topological polar surface area (TPSA) is 156 Å². The van der Waals surface area contributed by atoms with E-state index in [4.69, 9.17) is 0 Å². The summed E-state index contributed by atoms with van der Waals surface area (Å²) in [5.41, 5.74) is 1.13. The number of nitrogens with zero attached hydrogens (tertiary/aromatic N) is 5. The maximum atomic E-state index is 11.6. The van der Waals surface area contributed by atoms with Crippen LogP contribution in [0.15, 0.2) is 42.9 Å². The second kappa shape index (κ2) is 8.69. The van der Waals surface area contributed by atoms with Crippen molar-refractivity contribution in [2.75, 3.05) is 23.7 Å². The van der Waals surface area contributed by atoms with Gasteiger partial charge in [-0.1, -0.05) is 0 Å². The molecule has 3 N–H and O–H groups in total. The first-order valence-electron chi connectivity index (χ1n) is 8.56. The van der Waals surface area contributed by atoms with Gasteiger partial charge in [-0.3, -0.25) is 15.1 Å². The van der Waals surface area contributed by atoms with Crippen molar-refractivity contribution in [1.29, 1.82) is 0 Å². The van der Waals surface area contributed by atoms with Crippen LogP contribution in [0.25, 0.3) is 11.3 Å². The zero-order valence-electron chi connectivity index (χ0n) is 15.4. The molecule has 3 rings (SSSR count). The number of nitro groups is 1. The van der Waals surface area contributed by atoms with Crippen LogP contribution in [0, 0.1) is 17.0 Å². The molecule has 29 heavy (non-hydrogen) atoms. The summed E-state index contributed by atoms with van der Waals surface area (Å²) in [6.07, 6.45) is 4.31.